The quantitative estimate of drug-likeness (QED) is 0.822. The summed E-state index contributed by atoms with van der Waals surface area (Å²) >= 11 is 0. The minimum absolute atomic E-state index is 0.213. The van der Waals surface area contributed by atoms with E-state index in [9.17, 15) is 0 Å². The number of nitrogen functional groups attached to an aromatic ring is 1. The van der Waals surface area contributed by atoms with Crippen LogP contribution in [-0.2, 0) is 0 Å². The van der Waals surface area contributed by atoms with E-state index >= 15 is 0 Å². The van der Waals surface area contributed by atoms with Gasteiger partial charge in [-0.3, -0.25) is 4.98 Å². The molecule has 2 aromatic heterocycles. The Bertz CT molecular complexity index is 456. The van der Waals surface area contributed by atoms with Gasteiger partial charge in [0, 0.05) is 36.4 Å². The van der Waals surface area contributed by atoms with E-state index in [1.54, 1.807) is 18.6 Å². The molecule has 0 bridgehead atoms. The summed E-state index contributed by atoms with van der Waals surface area (Å²) in [7, 11) is 0. The summed E-state index contributed by atoms with van der Waals surface area (Å²) in [5, 5.41) is 3.35. The minimum Gasteiger partial charge on any atom is -0.384 e. The Kier molecular flexibility index (Phi) is 3.00. The number of hydrogen-bond acceptors (Lipinski definition) is 4. The van der Waals surface area contributed by atoms with Gasteiger partial charge in [-0.1, -0.05) is 0 Å². The average Bonchev–Trinajstić information content (AvgIpc) is 2.30. The highest BCUT2D eigenvalue weighted by molar-refractivity contribution is 5.50. The van der Waals surface area contributed by atoms with Crippen LogP contribution in [0.25, 0.3) is 0 Å². The van der Waals surface area contributed by atoms with Gasteiger partial charge in [0.15, 0.2) is 0 Å². The van der Waals surface area contributed by atoms with E-state index in [2.05, 4.69) is 22.2 Å². The molecule has 82 valence electrons. The lowest BCUT2D eigenvalue weighted by Gasteiger charge is -2.15. The summed E-state index contributed by atoms with van der Waals surface area (Å²) < 4.78 is 0. The highest BCUT2D eigenvalue weighted by Crippen LogP contribution is 2.18. The van der Waals surface area contributed by atoms with Crippen molar-refractivity contribution in [3.63, 3.8) is 0 Å². The Morgan fingerprint density at radius 3 is 2.62 bits per heavy atom. The van der Waals surface area contributed by atoms with E-state index in [0.717, 1.165) is 5.69 Å². The molecular formula is C12H14N4. The monoisotopic (exact) mass is 214 g/mol. The second-order valence-electron chi connectivity index (χ2n) is 3.62. The number of anilines is 2. The Morgan fingerprint density at radius 2 is 1.94 bits per heavy atom. The Balaban J connectivity index is 2.11. The number of nitrogens with two attached hydrogens (primary N) is 1. The van der Waals surface area contributed by atoms with Crippen LogP contribution in [0.1, 0.15) is 18.5 Å². The third kappa shape index (κ3) is 2.48. The molecule has 0 saturated carbocycles. The first-order chi connectivity index (χ1) is 7.75. The summed E-state index contributed by atoms with van der Waals surface area (Å²) in [5.74, 6) is 0.520. The van der Waals surface area contributed by atoms with Crippen molar-refractivity contribution >= 4 is 11.5 Å². The van der Waals surface area contributed by atoms with Crippen LogP contribution in [0.5, 0.6) is 0 Å². The maximum atomic E-state index is 5.61. The first-order valence-electron chi connectivity index (χ1n) is 5.13. The van der Waals surface area contributed by atoms with Gasteiger partial charge in [0.1, 0.15) is 5.82 Å². The molecule has 16 heavy (non-hydrogen) atoms. The normalized spacial score (nSPS) is 12.1. The number of aromatic nitrogens is 2. The molecule has 0 radical (unpaired) electrons. The molecule has 0 aliphatic carbocycles. The highest BCUT2D eigenvalue weighted by Gasteiger charge is 2.04. The fourth-order valence-corrected chi connectivity index (χ4v) is 1.52. The second kappa shape index (κ2) is 4.61. The van der Waals surface area contributed by atoms with Crippen LogP contribution in [0.3, 0.4) is 0 Å². The van der Waals surface area contributed by atoms with Gasteiger partial charge in [0.05, 0.1) is 0 Å². The van der Waals surface area contributed by atoms with Gasteiger partial charge in [-0.2, -0.15) is 0 Å². The molecule has 2 aromatic rings. The van der Waals surface area contributed by atoms with Crippen molar-refractivity contribution in [1.82, 2.24) is 9.97 Å². The van der Waals surface area contributed by atoms with Crippen LogP contribution in [0.4, 0.5) is 11.5 Å². The second-order valence-corrected chi connectivity index (χ2v) is 3.62. The van der Waals surface area contributed by atoms with Crippen LogP contribution in [0.15, 0.2) is 42.9 Å². The minimum atomic E-state index is 0.213. The van der Waals surface area contributed by atoms with Crippen LogP contribution in [-0.4, -0.2) is 9.97 Å². The van der Waals surface area contributed by atoms with Crippen molar-refractivity contribution in [2.24, 2.45) is 0 Å². The predicted octanol–water partition coefficient (Wildman–Crippen LogP) is 2.23. The average molecular weight is 214 g/mol. The molecule has 4 heteroatoms. The van der Waals surface area contributed by atoms with Gasteiger partial charge in [0.25, 0.3) is 0 Å². The zero-order valence-corrected chi connectivity index (χ0v) is 9.09. The van der Waals surface area contributed by atoms with Crippen molar-refractivity contribution in [3.8, 4) is 0 Å². The predicted molar refractivity (Wildman–Crippen MR) is 64.9 cm³/mol. The van der Waals surface area contributed by atoms with Gasteiger partial charge in [-0.05, 0) is 30.7 Å². The number of nitrogens with zero attached hydrogens (tertiary/aromatic N) is 2. The van der Waals surface area contributed by atoms with Crippen LogP contribution in [0, 0.1) is 0 Å². The van der Waals surface area contributed by atoms with E-state index in [1.807, 2.05) is 24.3 Å². The van der Waals surface area contributed by atoms with E-state index in [-0.39, 0.29) is 6.04 Å². The molecule has 4 nitrogen and oxygen atoms in total. The molecular weight excluding hydrogens is 200 g/mol. The van der Waals surface area contributed by atoms with E-state index in [4.69, 9.17) is 5.73 Å². The lowest BCUT2D eigenvalue weighted by molar-refractivity contribution is 0.880. The molecule has 0 aromatic carbocycles. The molecule has 0 aliphatic heterocycles. The van der Waals surface area contributed by atoms with Crippen molar-refractivity contribution in [2.75, 3.05) is 11.1 Å². The maximum absolute atomic E-state index is 5.61. The molecule has 2 rings (SSSR count). The van der Waals surface area contributed by atoms with Crippen molar-refractivity contribution in [2.45, 2.75) is 13.0 Å². The van der Waals surface area contributed by atoms with E-state index in [1.165, 1.54) is 5.56 Å². The third-order valence-corrected chi connectivity index (χ3v) is 2.37. The lowest BCUT2D eigenvalue weighted by Crippen LogP contribution is -2.07. The van der Waals surface area contributed by atoms with Gasteiger partial charge in [-0.25, -0.2) is 4.98 Å². The van der Waals surface area contributed by atoms with Gasteiger partial charge in [-0.15, -0.1) is 0 Å². The van der Waals surface area contributed by atoms with E-state index in [0.29, 0.717) is 5.82 Å². The van der Waals surface area contributed by atoms with Crippen molar-refractivity contribution in [1.29, 1.82) is 0 Å². The zero-order valence-electron chi connectivity index (χ0n) is 9.09. The van der Waals surface area contributed by atoms with Crippen LogP contribution < -0.4 is 11.1 Å². The molecule has 0 saturated heterocycles. The summed E-state index contributed by atoms with van der Waals surface area (Å²) in [6.07, 6.45) is 5.26. The molecule has 2 heterocycles. The van der Waals surface area contributed by atoms with Gasteiger partial charge in [0.2, 0.25) is 0 Å². The van der Waals surface area contributed by atoms with Crippen LogP contribution >= 0.6 is 0 Å². The Labute approximate surface area is 94.5 Å². The summed E-state index contributed by atoms with van der Waals surface area (Å²) in [6, 6.07) is 7.90. The zero-order chi connectivity index (χ0) is 11.4. The summed E-state index contributed by atoms with van der Waals surface area (Å²) in [5.41, 5.74) is 7.77. The molecule has 0 amide bonds. The number of pyridine rings is 2. The molecule has 1 unspecified atom stereocenters. The van der Waals surface area contributed by atoms with Crippen molar-refractivity contribution in [3.05, 3.63) is 48.4 Å². The number of rotatable bonds is 3. The standard InChI is InChI=1S/C12H14N4/c1-9(10-2-5-14-6-3-10)16-11-4-7-15-12(13)8-11/h2-9H,1H3,(H3,13,15,16). The molecule has 0 spiro atoms. The highest BCUT2D eigenvalue weighted by atomic mass is 14.9. The van der Waals surface area contributed by atoms with Crippen molar-refractivity contribution < 1.29 is 0 Å². The fraction of sp³-hybridized carbons (Fsp3) is 0.167. The van der Waals surface area contributed by atoms with Crippen LogP contribution in [0.2, 0.25) is 0 Å². The van der Waals surface area contributed by atoms with Gasteiger partial charge < -0.3 is 11.1 Å². The SMILES string of the molecule is CC(Nc1ccnc(N)c1)c1ccncc1. The molecule has 0 fully saturated rings. The molecule has 0 aliphatic rings. The molecule has 3 N–H and O–H groups in total. The largest absolute Gasteiger partial charge is 0.384 e. The maximum Gasteiger partial charge on any atom is 0.125 e. The summed E-state index contributed by atoms with van der Waals surface area (Å²) in [6.45, 7) is 2.09. The number of hydrogen-bond donors (Lipinski definition) is 2. The van der Waals surface area contributed by atoms with Gasteiger partial charge >= 0.3 is 0 Å². The van der Waals surface area contributed by atoms with E-state index < -0.39 is 0 Å². The first kappa shape index (κ1) is 10.4. The lowest BCUT2D eigenvalue weighted by atomic mass is 10.1. The Hall–Kier alpha value is -2.10. The Morgan fingerprint density at radius 1 is 1.19 bits per heavy atom. The molecule has 1 atom stereocenters. The third-order valence-electron chi connectivity index (χ3n) is 2.37. The fourth-order valence-electron chi connectivity index (χ4n) is 1.52. The number of nitrogens with one attached hydrogen (secondary N) is 1. The summed E-state index contributed by atoms with van der Waals surface area (Å²) in [4.78, 5) is 7.94. The topological polar surface area (TPSA) is 63.8 Å². The first-order valence-corrected chi connectivity index (χ1v) is 5.13. The smallest absolute Gasteiger partial charge is 0.125 e.